The SMILES string of the molecule is CCOC(=O)C(=O)C1C(=O)C2C=CC=CC=CC1CC2. The Morgan fingerprint density at radius 1 is 1.15 bits per heavy atom. The summed E-state index contributed by atoms with van der Waals surface area (Å²) in [4.78, 5) is 36.3. The number of fused-ring (bicyclic) bond motifs is 4. The molecule has 20 heavy (non-hydrogen) atoms. The maximum absolute atomic E-state index is 12.4. The number of hydrogen-bond acceptors (Lipinski definition) is 4. The number of esters is 1. The molecule has 0 heterocycles. The van der Waals surface area contributed by atoms with Crippen LogP contribution in [-0.4, -0.2) is 24.1 Å². The van der Waals surface area contributed by atoms with Crippen molar-refractivity contribution in [1.82, 2.24) is 0 Å². The zero-order valence-electron chi connectivity index (χ0n) is 11.5. The van der Waals surface area contributed by atoms with Crippen LogP contribution in [0.1, 0.15) is 19.8 Å². The van der Waals surface area contributed by atoms with Gasteiger partial charge in [-0.05, 0) is 25.7 Å². The summed E-state index contributed by atoms with van der Waals surface area (Å²) in [5.74, 6) is -3.19. The lowest BCUT2D eigenvalue weighted by atomic mass is 9.70. The van der Waals surface area contributed by atoms with E-state index in [9.17, 15) is 14.4 Å². The minimum atomic E-state index is -0.903. The molecule has 0 aromatic rings. The van der Waals surface area contributed by atoms with Gasteiger partial charge in [-0.15, -0.1) is 0 Å². The van der Waals surface area contributed by atoms with Crippen LogP contribution in [0.4, 0.5) is 0 Å². The molecule has 2 bridgehead atoms. The molecule has 3 rings (SSSR count). The van der Waals surface area contributed by atoms with E-state index in [4.69, 9.17) is 4.74 Å². The summed E-state index contributed by atoms with van der Waals surface area (Å²) in [6, 6.07) is 0. The van der Waals surface area contributed by atoms with Gasteiger partial charge in [0, 0.05) is 5.92 Å². The molecule has 1 saturated carbocycles. The van der Waals surface area contributed by atoms with Crippen molar-refractivity contribution in [2.75, 3.05) is 6.61 Å². The average Bonchev–Trinajstić information content (AvgIpc) is 2.45. The third-order valence-corrected chi connectivity index (χ3v) is 3.71. The molecule has 4 heteroatoms. The highest BCUT2D eigenvalue weighted by Gasteiger charge is 2.43. The molecule has 0 radical (unpaired) electrons. The first kappa shape index (κ1) is 14.4. The molecular formula is C16H18O4. The van der Waals surface area contributed by atoms with Gasteiger partial charge in [-0.25, -0.2) is 4.79 Å². The summed E-state index contributed by atoms with van der Waals surface area (Å²) in [5, 5.41) is 0. The Labute approximate surface area is 118 Å². The Morgan fingerprint density at radius 3 is 2.55 bits per heavy atom. The predicted octanol–water partition coefficient (Wildman–Crippen LogP) is 2.01. The van der Waals surface area contributed by atoms with E-state index in [1.807, 2.05) is 30.4 Å². The highest BCUT2D eigenvalue weighted by atomic mass is 16.5. The highest BCUT2D eigenvalue weighted by molar-refractivity contribution is 6.38. The van der Waals surface area contributed by atoms with Gasteiger partial charge in [-0.2, -0.15) is 0 Å². The lowest BCUT2D eigenvalue weighted by Gasteiger charge is -2.30. The number of carbonyl (C=O) groups is 3. The van der Waals surface area contributed by atoms with Gasteiger partial charge in [-0.3, -0.25) is 9.59 Å². The summed E-state index contributed by atoms with van der Waals surface area (Å²) in [7, 11) is 0. The number of rotatable bonds is 3. The fourth-order valence-corrected chi connectivity index (χ4v) is 2.71. The van der Waals surface area contributed by atoms with E-state index >= 15 is 0 Å². The van der Waals surface area contributed by atoms with Gasteiger partial charge in [0.05, 0.1) is 12.5 Å². The van der Waals surface area contributed by atoms with E-state index in [-0.39, 0.29) is 24.2 Å². The topological polar surface area (TPSA) is 60.4 Å². The second-order valence-electron chi connectivity index (χ2n) is 4.97. The summed E-state index contributed by atoms with van der Waals surface area (Å²) < 4.78 is 4.74. The number of allylic oxidation sites excluding steroid dienone is 6. The van der Waals surface area contributed by atoms with Crippen molar-refractivity contribution in [1.29, 1.82) is 0 Å². The minimum absolute atomic E-state index is 0.137. The first-order valence-electron chi connectivity index (χ1n) is 6.91. The van der Waals surface area contributed by atoms with E-state index in [1.54, 1.807) is 13.0 Å². The average molecular weight is 274 g/mol. The molecule has 0 N–H and O–H groups in total. The van der Waals surface area contributed by atoms with Gasteiger partial charge in [0.15, 0.2) is 5.78 Å². The molecule has 0 spiro atoms. The molecule has 0 amide bonds. The number of Topliss-reactive ketones (excluding diaryl/α,β-unsaturated/α-hetero) is 2. The van der Waals surface area contributed by atoms with Crippen molar-refractivity contribution >= 4 is 17.5 Å². The Bertz CT molecular complexity index is 499. The normalized spacial score (nSPS) is 28.4. The van der Waals surface area contributed by atoms with E-state index in [0.29, 0.717) is 6.42 Å². The van der Waals surface area contributed by atoms with Gasteiger partial charge in [0.1, 0.15) is 0 Å². The zero-order chi connectivity index (χ0) is 14.5. The molecule has 4 nitrogen and oxygen atoms in total. The molecule has 3 aliphatic rings. The molecule has 0 aromatic heterocycles. The van der Waals surface area contributed by atoms with Crippen LogP contribution < -0.4 is 0 Å². The molecule has 106 valence electrons. The van der Waals surface area contributed by atoms with Crippen molar-refractivity contribution in [2.45, 2.75) is 19.8 Å². The second-order valence-corrected chi connectivity index (χ2v) is 4.97. The predicted molar refractivity (Wildman–Crippen MR) is 73.8 cm³/mol. The number of carbonyl (C=O) groups excluding carboxylic acids is 3. The third kappa shape index (κ3) is 2.95. The van der Waals surface area contributed by atoms with Gasteiger partial charge in [0.25, 0.3) is 5.78 Å². The first-order valence-corrected chi connectivity index (χ1v) is 6.91. The van der Waals surface area contributed by atoms with Gasteiger partial charge in [0.2, 0.25) is 0 Å². The van der Waals surface area contributed by atoms with Crippen LogP contribution >= 0.6 is 0 Å². The molecule has 1 fully saturated rings. The second kappa shape index (κ2) is 6.46. The fraction of sp³-hybridized carbons (Fsp3) is 0.438. The maximum atomic E-state index is 12.4. The standard InChI is InChI=1S/C16H18O4/c1-2-20-16(19)15(18)13-11-7-5-3-4-6-8-12(10-9-11)14(13)17/h3-8,11-13H,2,9-10H2,1H3. The number of ether oxygens (including phenoxy) is 1. The minimum Gasteiger partial charge on any atom is -0.460 e. The Hall–Kier alpha value is -1.97. The van der Waals surface area contributed by atoms with Crippen molar-refractivity contribution in [2.24, 2.45) is 17.8 Å². The van der Waals surface area contributed by atoms with Crippen LogP contribution in [0.5, 0.6) is 0 Å². The third-order valence-electron chi connectivity index (χ3n) is 3.71. The van der Waals surface area contributed by atoms with Crippen LogP contribution in [0.3, 0.4) is 0 Å². The van der Waals surface area contributed by atoms with Gasteiger partial charge in [-0.1, -0.05) is 36.5 Å². The molecule has 3 unspecified atom stereocenters. The summed E-state index contributed by atoms with van der Waals surface area (Å²) in [5.41, 5.74) is 0. The van der Waals surface area contributed by atoms with Crippen LogP contribution in [0.25, 0.3) is 0 Å². The molecule has 0 saturated heterocycles. The Balaban J connectivity index is 2.30. The van der Waals surface area contributed by atoms with E-state index in [0.717, 1.165) is 6.42 Å². The zero-order valence-corrected chi connectivity index (χ0v) is 11.5. The Kier molecular flexibility index (Phi) is 4.66. The first-order chi connectivity index (χ1) is 9.65. The quantitative estimate of drug-likeness (QED) is 0.449. The summed E-state index contributed by atoms with van der Waals surface area (Å²) in [6.07, 6.45) is 12.4. The number of hydrogen-bond donors (Lipinski definition) is 0. The monoisotopic (exact) mass is 274 g/mol. The largest absolute Gasteiger partial charge is 0.460 e. The molecule has 0 aromatic carbocycles. The lowest BCUT2D eigenvalue weighted by molar-refractivity contribution is -0.158. The Morgan fingerprint density at radius 2 is 1.85 bits per heavy atom. The smallest absolute Gasteiger partial charge is 0.375 e. The van der Waals surface area contributed by atoms with Crippen molar-refractivity contribution in [3.63, 3.8) is 0 Å². The van der Waals surface area contributed by atoms with Crippen LogP contribution in [0, 0.1) is 17.8 Å². The molecule has 3 atom stereocenters. The van der Waals surface area contributed by atoms with E-state index in [2.05, 4.69) is 0 Å². The van der Waals surface area contributed by atoms with Crippen LogP contribution in [0.2, 0.25) is 0 Å². The molecule has 3 aliphatic carbocycles. The van der Waals surface area contributed by atoms with Crippen molar-refractivity contribution in [3.05, 3.63) is 36.5 Å². The van der Waals surface area contributed by atoms with Crippen LogP contribution in [-0.2, 0) is 19.1 Å². The fourth-order valence-electron chi connectivity index (χ4n) is 2.71. The lowest BCUT2D eigenvalue weighted by Crippen LogP contribution is -2.42. The van der Waals surface area contributed by atoms with Gasteiger partial charge < -0.3 is 4.74 Å². The van der Waals surface area contributed by atoms with Crippen molar-refractivity contribution < 1.29 is 19.1 Å². The van der Waals surface area contributed by atoms with E-state index in [1.165, 1.54) is 0 Å². The highest BCUT2D eigenvalue weighted by Crippen LogP contribution is 2.34. The number of ketones is 2. The summed E-state index contributed by atoms with van der Waals surface area (Å²) >= 11 is 0. The van der Waals surface area contributed by atoms with Crippen LogP contribution in [0.15, 0.2) is 36.5 Å². The molecular weight excluding hydrogens is 256 g/mol. The molecule has 0 aliphatic heterocycles. The maximum Gasteiger partial charge on any atom is 0.375 e. The van der Waals surface area contributed by atoms with Gasteiger partial charge >= 0.3 is 5.97 Å². The summed E-state index contributed by atoms with van der Waals surface area (Å²) in [6.45, 7) is 1.78. The van der Waals surface area contributed by atoms with Crippen molar-refractivity contribution in [3.8, 4) is 0 Å². The van der Waals surface area contributed by atoms with E-state index < -0.39 is 17.7 Å².